The summed E-state index contributed by atoms with van der Waals surface area (Å²) in [6.07, 6.45) is -2.39. The van der Waals surface area contributed by atoms with Gasteiger partial charge in [-0.05, 0) is 29.2 Å². The number of hydrogen-bond acceptors (Lipinski definition) is 5. The van der Waals surface area contributed by atoms with Crippen LogP contribution < -0.4 is 10.6 Å². The molecule has 0 fully saturated rings. The minimum absolute atomic E-state index is 0.0248. The van der Waals surface area contributed by atoms with E-state index in [-0.39, 0.29) is 25.5 Å². The summed E-state index contributed by atoms with van der Waals surface area (Å²) in [5, 5.41) is 22.7. The lowest BCUT2D eigenvalue weighted by Gasteiger charge is -2.17. The maximum atomic E-state index is 12.2. The summed E-state index contributed by atoms with van der Waals surface area (Å²) in [4.78, 5) is 34.7. The number of carboxylic acid groups (broad SMARTS) is 1. The highest BCUT2D eigenvalue weighted by atomic mass is 16.5. The summed E-state index contributed by atoms with van der Waals surface area (Å²) < 4.78 is 5.39. The van der Waals surface area contributed by atoms with Crippen LogP contribution in [-0.4, -0.2) is 53.5 Å². The molecule has 1 aliphatic carbocycles. The molecule has 0 aliphatic heterocycles. The van der Waals surface area contributed by atoms with Crippen molar-refractivity contribution in [3.63, 3.8) is 0 Å². The number of aliphatic hydroxyl groups excluding tert-OH is 1. The Balaban J connectivity index is 1.51. The summed E-state index contributed by atoms with van der Waals surface area (Å²) in [6.45, 7) is 1.60. The molecule has 158 valence electrons. The monoisotopic (exact) mass is 412 g/mol. The van der Waals surface area contributed by atoms with E-state index in [1.54, 1.807) is 0 Å². The normalized spacial score (nSPS) is 14.2. The lowest BCUT2D eigenvalue weighted by Crippen LogP contribution is -2.46. The van der Waals surface area contributed by atoms with Gasteiger partial charge in [0.15, 0.2) is 6.10 Å². The lowest BCUT2D eigenvalue weighted by atomic mass is 9.98. The largest absolute Gasteiger partial charge is 0.479 e. The van der Waals surface area contributed by atoms with Crippen LogP contribution in [-0.2, 0) is 14.3 Å². The van der Waals surface area contributed by atoms with Crippen LogP contribution in [0, 0.1) is 0 Å². The molecule has 0 bridgehead atoms. The van der Waals surface area contributed by atoms with Crippen molar-refractivity contribution in [1.82, 2.24) is 10.6 Å². The highest BCUT2D eigenvalue weighted by Gasteiger charge is 2.29. The summed E-state index contributed by atoms with van der Waals surface area (Å²) in [7, 11) is 0. The van der Waals surface area contributed by atoms with E-state index in [0.717, 1.165) is 22.3 Å². The van der Waals surface area contributed by atoms with Gasteiger partial charge in [0.05, 0.1) is 0 Å². The molecular formula is C22H24N2O6. The van der Waals surface area contributed by atoms with Gasteiger partial charge in [-0.1, -0.05) is 48.5 Å². The van der Waals surface area contributed by atoms with Gasteiger partial charge in [0.2, 0.25) is 5.91 Å². The summed E-state index contributed by atoms with van der Waals surface area (Å²) in [5.74, 6) is -1.93. The molecule has 0 saturated carbocycles. The third-order valence-corrected chi connectivity index (χ3v) is 5.07. The van der Waals surface area contributed by atoms with Gasteiger partial charge in [-0.2, -0.15) is 0 Å². The first-order valence-electron chi connectivity index (χ1n) is 9.68. The van der Waals surface area contributed by atoms with E-state index >= 15 is 0 Å². The van der Waals surface area contributed by atoms with Crippen LogP contribution in [0.4, 0.5) is 4.79 Å². The van der Waals surface area contributed by atoms with Crippen molar-refractivity contribution in [3.05, 3.63) is 59.7 Å². The van der Waals surface area contributed by atoms with Crippen LogP contribution in [0.25, 0.3) is 11.1 Å². The quantitative estimate of drug-likeness (QED) is 0.525. The first-order valence-corrected chi connectivity index (χ1v) is 9.68. The number of ether oxygens (including phenoxy) is 1. The Labute approximate surface area is 173 Å². The van der Waals surface area contributed by atoms with E-state index in [1.165, 1.54) is 6.92 Å². The number of aliphatic hydroxyl groups is 1. The Morgan fingerprint density at radius 2 is 1.60 bits per heavy atom. The Kier molecular flexibility index (Phi) is 6.68. The summed E-state index contributed by atoms with van der Waals surface area (Å²) in [5.41, 5.74) is 4.43. The van der Waals surface area contributed by atoms with Gasteiger partial charge >= 0.3 is 12.1 Å². The molecule has 8 nitrogen and oxygen atoms in total. The average Bonchev–Trinajstić information content (AvgIpc) is 3.05. The molecule has 0 aromatic heterocycles. The van der Waals surface area contributed by atoms with Gasteiger partial charge in [-0.3, -0.25) is 4.79 Å². The second-order valence-electron chi connectivity index (χ2n) is 7.13. The number of carbonyl (C=O) groups excluding carboxylic acids is 2. The predicted octanol–water partition coefficient (Wildman–Crippen LogP) is 1.87. The highest BCUT2D eigenvalue weighted by molar-refractivity contribution is 5.85. The van der Waals surface area contributed by atoms with Crippen molar-refractivity contribution in [2.24, 2.45) is 0 Å². The molecule has 2 aromatic rings. The molecule has 30 heavy (non-hydrogen) atoms. The van der Waals surface area contributed by atoms with Gasteiger partial charge < -0.3 is 25.6 Å². The Morgan fingerprint density at radius 1 is 1.03 bits per heavy atom. The number of rotatable bonds is 8. The third kappa shape index (κ3) is 4.77. The Morgan fingerprint density at radius 3 is 2.17 bits per heavy atom. The minimum atomic E-state index is -1.55. The molecule has 0 saturated heterocycles. The minimum Gasteiger partial charge on any atom is -0.479 e. The first kappa shape index (κ1) is 21.3. The van der Waals surface area contributed by atoms with Crippen molar-refractivity contribution in [3.8, 4) is 11.1 Å². The van der Waals surface area contributed by atoms with Gasteiger partial charge in [-0.25, -0.2) is 9.59 Å². The van der Waals surface area contributed by atoms with Crippen molar-refractivity contribution >= 4 is 18.0 Å². The SMILES string of the molecule is C[C@@H](NC(=O)OCC1c2ccccc2-c2ccccc21)C(=O)NCCC(O)C(=O)O. The maximum Gasteiger partial charge on any atom is 0.407 e. The first-order chi connectivity index (χ1) is 14.4. The average molecular weight is 412 g/mol. The summed E-state index contributed by atoms with van der Waals surface area (Å²) in [6, 6.07) is 15.1. The molecule has 1 aliphatic rings. The van der Waals surface area contributed by atoms with Crippen molar-refractivity contribution < 1.29 is 29.3 Å². The van der Waals surface area contributed by atoms with Gasteiger partial charge in [0, 0.05) is 18.9 Å². The fourth-order valence-electron chi connectivity index (χ4n) is 3.49. The standard InChI is InChI=1S/C22H24N2O6/c1-13(20(26)23-11-10-19(25)21(27)28)24-22(29)30-12-18-16-8-4-2-6-14(16)15-7-3-5-9-17(15)18/h2-9,13,18-19,25H,10-12H2,1H3,(H,23,26)(H,24,29)(H,27,28)/t13-,19?/m1/s1. The number of amides is 2. The second-order valence-corrected chi connectivity index (χ2v) is 7.13. The maximum absolute atomic E-state index is 12.2. The van der Waals surface area contributed by atoms with Crippen LogP contribution in [0.1, 0.15) is 30.4 Å². The van der Waals surface area contributed by atoms with E-state index in [9.17, 15) is 19.5 Å². The fourth-order valence-corrected chi connectivity index (χ4v) is 3.49. The van der Waals surface area contributed by atoms with Gasteiger partial charge in [0.25, 0.3) is 0 Å². The zero-order valence-electron chi connectivity index (χ0n) is 16.5. The number of carboxylic acids is 1. The van der Waals surface area contributed by atoms with E-state index in [4.69, 9.17) is 9.84 Å². The molecule has 3 rings (SSSR count). The van der Waals surface area contributed by atoms with Crippen molar-refractivity contribution in [1.29, 1.82) is 0 Å². The molecule has 2 aromatic carbocycles. The van der Waals surface area contributed by atoms with Crippen LogP contribution in [0.2, 0.25) is 0 Å². The number of benzene rings is 2. The van der Waals surface area contributed by atoms with E-state index in [1.807, 2.05) is 48.5 Å². The van der Waals surface area contributed by atoms with Crippen molar-refractivity contribution in [2.75, 3.05) is 13.2 Å². The molecule has 0 heterocycles. The number of nitrogens with one attached hydrogen (secondary N) is 2. The Bertz CT molecular complexity index is 899. The number of alkyl carbamates (subject to hydrolysis) is 1. The van der Waals surface area contributed by atoms with Crippen molar-refractivity contribution in [2.45, 2.75) is 31.4 Å². The number of carbonyl (C=O) groups is 3. The van der Waals surface area contributed by atoms with Crippen LogP contribution in [0.15, 0.2) is 48.5 Å². The van der Waals surface area contributed by atoms with E-state index in [0.29, 0.717) is 0 Å². The topological polar surface area (TPSA) is 125 Å². The van der Waals surface area contributed by atoms with Crippen LogP contribution in [0.5, 0.6) is 0 Å². The Hall–Kier alpha value is -3.39. The van der Waals surface area contributed by atoms with E-state index in [2.05, 4.69) is 10.6 Å². The molecule has 4 N–H and O–H groups in total. The predicted molar refractivity (Wildman–Crippen MR) is 109 cm³/mol. The third-order valence-electron chi connectivity index (χ3n) is 5.07. The number of hydrogen-bond donors (Lipinski definition) is 4. The van der Waals surface area contributed by atoms with Gasteiger partial charge in [-0.15, -0.1) is 0 Å². The van der Waals surface area contributed by atoms with Crippen LogP contribution >= 0.6 is 0 Å². The van der Waals surface area contributed by atoms with Crippen LogP contribution in [0.3, 0.4) is 0 Å². The zero-order chi connectivity index (χ0) is 21.7. The highest BCUT2D eigenvalue weighted by Crippen LogP contribution is 2.44. The summed E-state index contributed by atoms with van der Waals surface area (Å²) >= 11 is 0. The molecule has 8 heteroatoms. The molecular weight excluding hydrogens is 388 g/mol. The zero-order valence-corrected chi connectivity index (χ0v) is 16.5. The molecule has 1 unspecified atom stereocenters. The second kappa shape index (κ2) is 9.41. The fraction of sp³-hybridized carbons (Fsp3) is 0.318. The molecule has 0 radical (unpaired) electrons. The smallest absolute Gasteiger partial charge is 0.407 e. The number of aliphatic carboxylic acids is 1. The molecule has 2 atom stereocenters. The number of fused-ring (bicyclic) bond motifs is 3. The molecule has 2 amide bonds. The van der Waals surface area contributed by atoms with E-state index < -0.39 is 30.1 Å². The molecule has 0 spiro atoms. The lowest BCUT2D eigenvalue weighted by molar-refractivity contribution is -0.147. The van der Waals surface area contributed by atoms with Gasteiger partial charge in [0.1, 0.15) is 12.6 Å².